The Morgan fingerprint density at radius 3 is 1.62 bits per heavy atom. The molecule has 0 spiro atoms. The van der Waals surface area contributed by atoms with E-state index in [-0.39, 0.29) is 20.7 Å². The first-order chi connectivity index (χ1) is 25.8. The molecule has 1 saturated heterocycles. The number of para-hydroxylation sites is 2. The van der Waals surface area contributed by atoms with Crippen LogP contribution in [0, 0.1) is 11.7 Å². The minimum absolute atomic E-state index is 0.0134. The molecule has 1 fully saturated rings. The first-order valence-electron chi connectivity index (χ1n) is 16.0. The van der Waals surface area contributed by atoms with E-state index in [1.165, 1.54) is 30.3 Å². The zero-order valence-corrected chi connectivity index (χ0v) is 29.5. The summed E-state index contributed by atoms with van der Waals surface area (Å²) in [7, 11) is -8.43. The molecule has 4 aromatic carbocycles. The molecule has 3 heterocycles. The zero-order chi connectivity index (χ0) is 39.9. The van der Waals surface area contributed by atoms with Crippen LogP contribution in [0.3, 0.4) is 0 Å². The van der Waals surface area contributed by atoms with E-state index < -0.39 is 70.6 Å². The number of halogens is 7. The SMILES string of the molecule is O=C(O)[C@H]1CCN(c2cccc3cc(S(=O)(=O)c4cccc(C(F)(F)F)c4)cnc23)C1.O=S(=O)(c1cccc(C(F)(F)F)c1)c1cnc2c(F)cccc2c1. The van der Waals surface area contributed by atoms with Crippen molar-refractivity contribution in [1.29, 1.82) is 0 Å². The van der Waals surface area contributed by atoms with E-state index in [9.17, 15) is 57.5 Å². The Morgan fingerprint density at radius 1 is 0.655 bits per heavy atom. The molecule has 0 aliphatic carbocycles. The highest BCUT2D eigenvalue weighted by Crippen LogP contribution is 2.35. The molecular formula is C37H26F7N3O6S2. The zero-order valence-electron chi connectivity index (χ0n) is 27.9. The van der Waals surface area contributed by atoms with Crippen LogP contribution in [0.5, 0.6) is 0 Å². The van der Waals surface area contributed by atoms with Crippen molar-refractivity contribution in [2.45, 2.75) is 38.4 Å². The molecule has 0 radical (unpaired) electrons. The van der Waals surface area contributed by atoms with E-state index in [2.05, 4.69) is 9.97 Å². The van der Waals surface area contributed by atoms with Crippen molar-refractivity contribution < 1.29 is 57.5 Å². The van der Waals surface area contributed by atoms with Crippen molar-refractivity contribution in [3.63, 3.8) is 0 Å². The summed E-state index contributed by atoms with van der Waals surface area (Å²) in [6.45, 7) is 0.850. The van der Waals surface area contributed by atoms with E-state index in [0.717, 1.165) is 48.8 Å². The van der Waals surface area contributed by atoms with Crippen molar-refractivity contribution in [3.8, 4) is 0 Å². The number of alkyl halides is 6. The fourth-order valence-electron chi connectivity index (χ4n) is 5.91. The molecule has 1 aliphatic rings. The van der Waals surface area contributed by atoms with Gasteiger partial charge in [-0.3, -0.25) is 14.8 Å². The van der Waals surface area contributed by atoms with Crippen LogP contribution in [-0.4, -0.2) is 51.0 Å². The number of nitrogens with zero attached hydrogens (tertiary/aromatic N) is 3. The standard InChI is InChI=1S/C21H17F3N2O4S.C16H9F4NO2S/c22-21(23,24)15-4-2-5-16(10-15)31(29,30)17-9-13-3-1-6-18(19(13)25-11-17)26-8-7-14(12-26)20(27)28;17-14-6-1-3-10-7-13(9-21-15(10)14)24(22,23)12-5-2-4-11(8-12)16(18,19)20/h1-6,9-11,14H,7-8,12H2,(H,27,28);1-9H/t14-;/m0./s1. The second-order valence-corrected chi connectivity index (χ2v) is 16.2. The molecule has 0 saturated carbocycles. The van der Waals surface area contributed by atoms with Gasteiger partial charge in [-0.25, -0.2) is 21.2 Å². The van der Waals surface area contributed by atoms with E-state index in [1.807, 2.05) is 4.90 Å². The summed E-state index contributed by atoms with van der Waals surface area (Å²) in [6, 6.07) is 18.7. The van der Waals surface area contributed by atoms with Gasteiger partial charge in [-0.1, -0.05) is 36.4 Å². The van der Waals surface area contributed by atoms with Crippen LogP contribution < -0.4 is 4.90 Å². The number of carboxylic acid groups (broad SMARTS) is 1. The average molecular weight is 806 g/mol. The smallest absolute Gasteiger partial charge is 0.416 e. The molecule has 0 amide bonds. The highest BCUT2D eigenvalue weighted by atomic mass is 32.2. The molecule has 2 aromatic heterocycles. The number of fused-ring (bicyclic) bond motifs is 2. The highest BCUT2D eigenvalue weighted by molar-refractivity contribution is 7.91. The van der Waals surface area contributed by atoms with Gasteiger partial charge in [0, 0.05) is 36.3 Å². The van der Waals surface area contributed by atoms with E-state index in [1.54, 1.807) is 18.2 Å². The van der Waals surface area contributed by atoms with Crippen LogP contribution >= 0.6 is 0 Å². The number of aromatic nitrogens is 2. The lowest BCUT2D eigenvalue weighted by molar-refractivity contribution is -0.141. The van der Waals surface area contributed by atoms with Gasteiger partial charge in [0.2, 0.25) is 19.7 Å². The summed E-state index contributed by atoms with van der Waals surface area (Å²) >= 11 is 0. The topological polar surface area (TPSA) is 135 Å². The maximum atomic E-state index is 13.6. The maximum Gasteiger partial charge on any atom is 0.416 e. The van der Waals surface area contributed by atoms with Crippen molar-refractivity contribution in [3.05, 3.63) is 126 Å². The normalized spacial score (nSPS) is 15.2. The summed E-state index contributed by atoms with van der Waals surface area (Å²) in [6.07, 6.45) is -6.77. The maximum absolute atomic E-state index is 13.6. The monoisotopic (exact) mass is 805 g/mol. The third kappa shape index (κ3) is 8.10. The van der Waals surface area contributed by atoms with Crippen LogP contribution in [0.1, 0.15) is 17.5 Å². The average Bonchev–Trinajstić information content (AvgIpc) is 3.65. The highest BCUT2D eigenvalue weighted by Gasteiger charge is 2.34. The first-order valence-corrected chi connectivity index (χ1v) is 19.0. The number of carboxylic acids is 1. The van der Waals surface area contributed by atoms with Crippen LogP contribution in [-0.2, 0) is 36.8 Å². The Balaban J connectivity index is 0.000000193. The number of anilines is 1. The largest absolute Gasteiger partial charge is 0.481 e. The number of rotatable bonds is 6. The van der Waals surface area contributed by atoms with Gasteiger partial charge >= 0.3 is 18.3 Å². The molecule has 55 heavy (non-hydrogen) atoms. The van der Waals surface area contributed by atoms with Gasteiger partial charge in [-0.2, -0.15) is 26.3 Å². The summed E-state index contributed by atoms with van der Waals surface area (Å²) in [5.74, 6) is -1.98. The number of benzene rings is 4. The van der Waals surface area contributed by atoms with Crippen LogP contribution in [0.25, 0.3) is 21.8 Å². The molecule has 0 unspecified atom stereocenters. The fourth-order valence-corrected chi connectivity index (χ4v) is 8.48. The predicted octanol–water partition coefficient (Wildman–Crippen LogP) is 8.22. The second kappa shape index (κ2) is 14.6. The van der Waals surface area contributed by atoms with Crippen molar-refractivity contribution in [2.75, 3.05) is 18.0 Å². The van der Waals surface area contributed by atoms with Crippen molar-refractivity contribution >= 4 is 53.1 Å². The predicted molar refractivity (Wildman–Crippen MR) is 185 cm³/mol. The molecule has 7 rings (SSSR count). The van der Waals surface area contributed by atoms with Crippen LogP contribution in [0.15, 0.2) is 129 Å². The lowest BCUT2D eigenvalue weighted by Gasteiger charge is -2.20. The Labute approximate surface area is 308 Å². The summed E-state index contributed by atoms with van der Waals surface area (Å²) in [5.41, 5.74) is -0.948. The minimum Gasteiger partial charge on any atom is -0.481 e. The molecule has 6 aromatic rings. The number of sulfone groups is 2. The number of pyridine rings is 2. The number of carbonyl (C=O) groups is 1. The van der Waals surface area contributed by atoms with E-state index in [4.69, 9.17) is 0 Å². The third-order valence-electron chi connectivity index (χ3n) is 8.74. The molecule has 1 aliphatic heterocycles. The van der Waals surface area contributed by atoms with E-state index in [0.29, 0.717) is 48.2 Å². The number of aliphatic carboxylic acids is 1. The molecule has 18 heteroatoms. The summed E-state index contributed by atoms with van der Waals surface area (Å²) in [5, 5.41) is 9.94. The number of hydrogen-bond acceptors (Lipinski definition) is 8. The molecule has 0 bridgehead atoms. The van der Waals surface area contributed by atoms with Crippen molar-refractivity contribution in [1.82, 2.24) is 9.97 Å². The van der Waals surface area contributed by atoms with Gasteiger partial charge in [0.1, 0.15) is 11.3 Å². The van der Waals surface area contributed by atoms with Gasteiger partial charge in [-0.05, 0) is 67.1 Å². The van der Waals surface area contributed by atoms with Crippen LogP contribution in [0.4, 0.5) is 36.4 Å². The fraction of sp³-hybridized carbons (Fsp3) is 0.162. The lowest BCUT2D eigenvalue weighted by Crippen LogP contribution is -2.23. The summed E-state index contributed by atoms with van der Waals surface area (Å²) < 4.78 is 142. The first kappa shape index (κ1) is 39.1. The molecule has 9 nitrogen and oxygen atoms in total. The van der Waals surface area contributed by atoms with Gasteiger partial charge in [0.15, 0.2) is 0 Å². The molecular weight excluding hydrogens is 780 g/mol. The Bertz CT molecular complexity index is 2670. The second-order valence-electron chi connectivity index (χ2n) is 12.3. The van der Waals surface area contributed by atoms with Crippen LogP contribution in [0.2, 0.25) is 0 Å². The third-order valence-corrected chi connectivity index (χ3v) is 12.2. The van der Waals surface area contributed by atoms with Gasteiger partial charge in [0.25, 0.3) is 0 Å². The van der Waals surface area contributed by atoms with Gasteiger partial charge in [-0.15, -0.1) is 0 Å². The molecule has 1 N–H and O–H groups in total. The van der Waals surface area contributed by atoms with Crippen molar-refractivity contribution in [2.24, 2.45) is 5.92 Å². The Hall–Kier alpha value is -5.62. The summed E-state index contributed by atoms with van der Waals surface area (Å²) in [4.78, 5) is 19.7. The van der Waals surface area contributed by atoms with Gasteiger partial charge < -0.3 is 10.0 Å². The minimum atomic E-state index is -4.66. The van der Waals surface area contributed by atoms with Gasteiger partial charge in [0.05, 0.1) is 47.8 Å². The Kier molecular flexibility index (Phi) is 10.3. The molecule has 286 valence electrons. The quantitative estimate of drug-likeness (QED) is 0.165. The lowest BCUT2D eigenvalue weighted by atomic mass is 10.1. The molecule has 1 atom stereocenters. The van der Waals surface area contributed by atoms with E-state index >= 15 is 0 Å². The number of hydrogen-bond donors (Lipinski definition) is 1. The Morgan fingerprint density at radius 2 is 1.13 bits per heavy atom.